The number of rotatable bonds is 5. The molecule has 1 amide bonds. The SMILES string of the molecule is CCC(O)CCNC(=O)C1CC1C. The van der Waals surface area contributed by atoms with E-state index < -0.39 is 0 Å². The van der Waals surface area contributed by atoms with Crippen molar-refractivity contribution in [3.63, 3.8) is 0 Å². The first-order valence-corrected chi connectivity index (χ1v) is 5.11. The van der Waals surface area contributed by atoms with Gasteiger partial charge in [0.25, 0.3) is 0 Å². The summed E-state index contributed by atoms with van der Waals surface area (Å²) in [6, 6.07) is 0. The summed E-state index contributed by atoms with van der Waals surface area (Å²) in [5.41, 5.74) is 0. The minimum Gasteiger partial charge on any atom is -0.393 e. The summed E-state index contributed by atoms with van der Waals surface area (Å²) in [4.78, 5) is 11.3. The van der Waals surface area contributed by atoms with Crippen LogP contribution in [0.3, 0.4) is 0 Å². The van der Waals surface area contributed by atoms with Crippen molar-refractivity contribution < 1.29 is 9.90 Å². The van der Waals surface area contributed by atoms with Gasteiger partial charge >= 0.3 is 0 Å². The van der Waals surface area contributed by atoms with Gasteiger partial charge in [-0.3, -0.25) is 4.79 Å². The minimum atomic E-state index is -0.267. The van der Waals surface area contributed by atoms with Gasteiger partial charge in [0.15, 0.2) is 0 Å². The Hall–Kier alpha value is -0.570. The second-order valence-corrected chi connectivity index (χ2v) is 3.96. The van der Waals surface area contributed by atoms with Crippen LogP contribution in [-0.2, 0) is 4.79 Å². The van der Waals surface area contributed by atoms with Crippen LogP contribution in [0.4, 0.5) is 0 Å². The molecular formula is C10H19NO2. The maximum atomic E-state index is 11.3. The zero-order valence-corrected chi connectivity index (χ0v) is 8.42. The highest BCUT2D eigenvalue weighted by Crippen LogP contribution is 2.37. The van der Waals surface area contributed by atoms with Crippen LogP contribution in [0.5, 0.6) is 0 Å². The number of amides is 1. The molecular weight excluding hydrogens is 166 g/mol. The molecule has 0 aliphatic heterocycles. The summed E-state index contributed by atoms with van der Waals surface area (Å²) in [6.07, 6.45) is 2.19. The van der Waals surface area contributed by atoms with Crippen LogP contribution in [0, 0.1) is 11.8 Å². The molecule has 0 radical (unpaired) electrons. The van der Waals surface area contributed by atoms with E-state index in [2.05, 4.69) is 12.2 Å². The van der Waals surface area contributed by atoms with E-state index in [-0.39, 0.29) is 17.9 Å². The molecule has 2 N–H and O–H groups in total. The zero-order valence-electron chi connectivity index (χ0n) is 8.42. The normalized spacial score (nSPS) is 28.2. The van der Waals surface area contributed by atoms with E-state index >= 15 is 0 Å². The van der Waals surface area contributed by atoms with Crippen molar-refractivity contribution >= 4 is 5.91 Å². The van der Waals surface area contributed by atoms with E-state index in [1.807, 2.05) is 6.92 Å². The summed E-state index contributed by atoms with van der Waals surface area (Å²) in [5, 5.41) is 12.1. The molecule has 0 aromatic rings. The molecule has 1 aliphatic rings. The number of hydrogen-bond donors (Lipinski definition) is 2. The molecule has 3 nitrogen and oxygen atoms in total. The maximum Gasteiger partial charge on any atom is 0.223 e. The van der Waals surface area contributed by atoms with E-state index in [4.69, 9.17) is 0 Å². The Labute approximate surface area is 79.5 Å². The lowest BCUT2D eigenvalue weighted by Gasteiger charge is -2.08. The third-order valence-corrected chi connectivity index (χ3v) is 2.69. The minimum absolute atomic E-state index is 0.163. The highest BCUT2D eigenvalue weighted by atomic mass is 16.3. The van der Waals surface area contributed by atoms with E-state index in [1.165, 1.54) is 0 Å². The fourth-order valence-electron chi connectivity index (χ4n) is 1.38. The van der Waals surface area contributed by atoms with Crippen LogP contribution in [0.25, 0.3) is 0 Å². The number of carbonyl (C=O) groups excluding carboxylic acids is 1. The van der Waals surface area contributed by atoms with Gasteiger partial charge in [0.05, 0.1) is 6.10 Å². The summed E-state index contributed by atoms with van der Waals surface area (Å²) < 4.78 is 0. The molecule has 0 bridgehead atoms. The van der Waals surface area contributed by atoms with Gasteiger partial charge in [-0.15, -0.1) is 0 Å². The topological polar surface area (TPSA) is 49.3 Å². The van der Waals surface area contributed by atoms with Crippen LogP contribution in [0.2, 0.25) is 0 Å². The highest BCUT2D eigenvalue weighted by Gasteiger charge is 2.38. The van der Waals surface area contributed by atoms with Crippen molar-refractivity contribution in [2.45, 2.75) is 39.2 Å². The van der Waals surface area contributed by atoms with Crippen molar-refractivity contribution in [2.75, 3.05) is 6.54 Å². The fraction of sp³-hybridized carbons (Fsp3) is 0.900. The average Bonchev–Trinajstić information content (AvgIpc) is 2.82. The Balaban J connectivity index is 2.02. The number of carbonyl (C=O) groups is 1. The molecule has 0 spiro atoms. The van der Waals surface area contributed by atoms with E-state index in [0.29, 0.717) is 18.9 Å². The quantitative estimate of drug-likeness (QED) is 0.669. The third-order valence-electron chi connectivity index (χ3n) is 2.69. The van der Waals surface area contributed by atoms with Crippen molar-refractivity contribution in [2.24, 2.45) is 11.8 Å². The lowest BCUT2D eigenvalue weighted by Crippen LogP contribution is -2.28. The Morgan fingerprint density at radius 1 is 1.69 bits per heavy atom. The first-order valence-electron chi connectivity index (χ1n) is 5.11. The summed E-state index contributed by atoms with van der Waals surface area (Å²) in [5.74, 6) is 0.977. The fourth-order valence-corrected chi connectivity index (χ4v) is 1.38. The summed E-state index contributed by atoms with van der Waals surface area (Å²) >= 11 is 0. The van der Waals surface area contributed by atoms with Crippen molar-refractivity contribution in [3.05, 3.63) is 0 Å². The van der Waals surface area contributed by atoms with E-state index in [0.717, 1.165) is 12.8 Å². The number of aliphatic hydroxyl groups excluding tert-OH is 1. The summed E-state index contributed by atoms with van der Waals surface area (Å²) in [7, 11) is 0. The van der Waals surface area contributed by atoms with Gasteiger partial charge in [-0.1, -0.05) is 13.8 Å². The average molecular weight is 185 g/mol. The molecule has 1 aliphatic carbocycles. The Morgan fingerprint density at radius 2 is 2.31 bits per heavy atom. The molecule has 1 fully saturated rings. The van der Waals surface area contributed by atoms with Crippen LogP contribution < -0.4 is 5.32 Å². The maximum absolute atomic E-state index is 11.3. The first kappa shape index (κ1) is 10.5. The molecule has 3 heteroatoms. The standard InChI is InChI=1S/C10H19NO2/c1-3-8(12)4-5-11-10(13)9-6-7(9)2/h7-9,12H,3-6H2,1-2H3,(H,11,13). The van der Waals surface area contributed by atoms with Crippen LogP contribution in [0.15, 0.2) is 0 Å². The molecule has 0 heterocycles. The second kappa shape index (κ2) is 4.61. The van der Waals surface area contributed by atoms with Crippen LogP contribution in [0.1, 0.15) is 33.1 Å². The smallest absolute Gasteiger partial charge is 0.223 e. The van der Waals surface area contributed by atoms with Gasteiger partial charge in [0.1, 0.15) is 0 Å². The molecule has 0 aromatic heterocycles. The first-order chi connectivity index (χ1) is 6.15. The highest BCUT2D eigenvalue weighted by molar-refractivity contribution is 5.81. The number of nitrogens with one attached hydrogen (secondary N) is 1. The van der Waals surface area contributed by atoms with Crippen LogP contribution in [-0.4, -0.2) is 23.7 Å². The Morgan fingerprint density at radius 3 is 2.77 bits per heavy atom. The van der Waals surface area contributed by atoms with Crippen LogP contribution >= 0.6 is 0 Å². The van der Waals surface area contributed by atoms with Crippen molar-refractivity contribution in [3.8, 4) is 0 Å². The predicted octanol–water partition coefficient (Wildman–Crippen LogP) is 0.920. The molecule has 3 unspecified atom stereocenters. The molecule has 76 valence electrons. The van der Waals surface area contributed by atoms with E-state index in [9.17, 15) is 9.90 Å². The zero-order chi connectivity index (χ0) is 9.84. The monoisotopic (exact) mass is 185 g/mol. The van der Waals surface area contributed by atoms with Crippen molar-refractivity contribution in [1.29, 1.82) is 0 Å². The number of aliphatic hydroxyl groups is 1. The van der Waals surface area contributed by atoms with Gasteiger partial charge in [0.2, 0.25) is 5.91 Å². The number of hydrogen-bond acceptors (Lipinski definition) is 2. The van der Waals surface area contributed by atoms with Gasteiger partial charge in [-0.25, -0.2) is 0 Å². The van der Waals surface area contributed by atoms with Crippen molar-refractivity contribution in [1.82, 2.24) is 5.32 Å². The Bertz CT molecular complexity index is 182. The van der Waals surface area contributed by atoms with Gasteiger partial charge < -0.3 is 10.4 Å². The molecule has 3 atom stereocenters. The summed E-state index contributed by atoms with van der Waals surface area (Å²) in [6.45, 7) is 4.64. The third kappa shape index (κ3) is 3.35. The van der Waals surface area contributed by atoms with Gasteiger partial charge in [-0.05, 0) is 25.2 Å². The lowest BCUT2D eigenvalue weighted by molar-refractivity contribution is -0.122. The molecule has 0 saturated heterocycles. The molecule has 13 heavy (non-hydrogen) atoms. The lowest BCUT2D eigenvalue weighted by atomic mass is 10.2. The largest absolute Gasteiger partial charge is 0.393 e. The van der Waals surface area contributed by atoms with Gasteiger partial charge in [-0.2, -0.15) is 0 Å². The molecule has 1 rings (SSSR count). The molecule has 0 aromatic carbocycles. The Kier molecular flexibility index (Phi) is 3.72. The van der Waals surface area contributed by atoms with Gasteiger partial charge in [0, 0.05) is 12.5 Å². The predicted molar refractivity (Wildman–Crippen MR) is 51.2 cm³/mol. The van der Waals surface area contributed by atoms with E-state index in [1.54, 1.807) is 0 Å². The molecule has 1 saturated carbocycles. The second-order valence-electron chi connectivity index (χ2n) is 3.96.